The maximum Gasteiger partial charge on any atom is 0.315 e. The molecule has 0 aliphatic carbocycles. The molecule has 2 aromatic heterocycles. The van der Waals surface area contributed by atoms with Crippen molar-refractivity contribution in [1.82, 2.24) is 24.5 Å². The van der Waals surface area contributed by atoms with E-state index in [1.54, 1.807) is 30.5 Å². The number of allylic oxidation sites excluding steroid dienone is 1. The standard InChI is InChI=1S/C47H52ClF2N7O8S/c1-30(2)20-40(32-4-6-34(48)7-5-32)31(3)26-54-16-18-56(19-17-54)35-8-9-39(43(22-35)65-37-21-33-10-13-51-45(33)52-25-37)46(58)53-66(61,62)38-23-41(49)44(42(24-38)57(59)60)64-29-47(50)11-14-55(15-12-47)36-27-63-28-36/h4-10,13,21-25,30,36H,11-12,14-20,26-29H2,1-3H3,(H,51,52)(H,53,58)/b40-31-. The average molecular weight is 948 g/mol. The summed E-state index contributed by atoms with van der Waals surface area (Å²) in [7, 11) is -4.94. The van der Waals surface area contributed by atoms with E-state index >= 15 is 8.78 Å². The normalized spacial score (nSPS) is 17.7. The van der Waals surface area contributed by atoms with Crippen LogP contribution in [-0.4, -0.2) is 116 Å². The minimum atomic E-state index is -4.94. The SMILES string of the molecule is C/C(CN1CCN(c2ccc(C(=O)NS(=O)(=O)c3cc(F)c(OCC4(F)CCN(C5COC5)CC4)c([N+](=O)[O-])c3)c(Oc3cnc4[nH]ccc4c3)c2)CC1)=C(\CC(C)C)c1ccc(Cl)cc1. The number of piperazine rings is 1. The molecule has 5 aromatic rings. The van der Waals surface area contributed by atoms with Gasteiger partial charge in [-0.05, 0) is 85.7 Å². The van der Waals surface area contributed by atoms with Crippen LogP contribution >= 0.6 is 11.6 Å². The van der Waals surface area contributed by atoms with Crippen molar-refractivity contribution in [2.24, 2.45) is 5.92 Å². The van der Waals surface area contributed by atoms with E-state index in [1.807, 2.05) is 16.9 Å². The van der Waals surface area contributed by atoms with E-state index in [9.17, 15) is 23.3 Å². The third-order valence-electron chi connectivity index (χ3n) is 12.4. The molecule has 3 aromatic carbocycles. The summed E-state index contributed by atoms with van der Waals surface area (Å²) in [6, 6.07) is 17.5. The smallest absolute Gasteiger partial charge is 0.315 e. The number of sulfonamides is 1. The van der Waals surface area contributed by atoms with E-state index in [1.165, 1.54) is 23.4 Å². The Morgan fingerprint density at radius 1 is 1.05 bits per heavy atom. The monoisotopic (exact) mass is 947 g/mol. The number of nitro groups is 1. The number of amides is 1. The minimum absolute atomic E-state index is 0.00676. The molecule has 66 heavy (non-hydrogen) atoms. The second kappa shape index (κ2) is 19.7. The number of rotatable bonds is 16. The number of benzene rings is 3. The van der Waals surface area contributed by atoms with Gasteiger partial charge >= 0.3 is 5.69 Å². The number of hydrogen-bond donors (Lipinski definition) is 2. The molecule has 3 aliphatic heterocycles. The zero-order valence-electron chi connectivity index (χ0n) is 36.9. The van der Waals surface area contributed by atoms with Crippen molar-refractivity contribution in [3.8, 4) is 17.2 Å². The number of halogens is 3. The molecular formula is C47H52ClF2N7O8S. The Hall–Kier alpha value is -5.66. The lowest BCUT2D eigenvalue weighted by Gasteiger charge is -2.43. The highest BCUT2D eigenvalue weighted by Gasteiger charge is 2.40. The average Bonchev–Trinajstić information content (AvgIpc) is 3.74. The van der Waals surface area contributed by atoms with E-state index in [2.05, 4.69) is 57.6 Å². The number of aromatic amines is 1. The van der Waals surface area contributed by atoms with E-state index in [0.29, 0.717) is 68.1 Å². The predicted molar refractivity (Wildman–Crippen MR) is 247 cm³/mol. The van der Waals surface area contributed by atoms with E-state index < -0.39 is 55.3 Å². The van der Waals surface area contributed by atoms with Gasteiger partial charge in [0.15, 0.2) is 5.82 Å². The van der Waals surface area contributed by atoms with Crippen LogP contribution in [0.5, 0.6) is 17.2 Å². The fourth-order valence-electron chi connectivity index (χ4n) is 8.57. The molecular weight excluding hydrogens is 896 g/mol. The van der Waals surface area contributed by atoms with Crippen LogP contribution in [-0.2, 0) is 14.8 Å². The number of aromatic nitrogens is 2. The van der Waals surface area contributed by atoms with Crippen LogP contribution in [0.25, 0.3) is 16.6 Å². The topological polar surface area (TPSA) is 172 Å². The Labute approximate surface area is 386 Å². The molecule has 8 rings (SSSR count). The number of nitrogens with zero attached hydrogens (tertiary/aromatic N) is 5. The van der Waals surface area contributed by atoms with E-state index in [4.69, 9.17) is 25.8 Å². The predicted octanol–water partition coefficient (Wildman–Crippen LogP) is 8.40. The third kappa shape index (κ3) is 10.8. The summed E-state index contributed by atoms with van der Waals surface area (Å²) in [6.07, 6.45) is 4.22. The van der Waals surface area contributed by atoms with Crippen molar-refractivity contribution in [2.75, 3.05) is 70.5 Å². The Bertz CT molecular complexity index is 2730. The van der Waals surface area contributed by atoms with Crippen molar-refractivity contribution >= 4 is 55.5 Å². The summed E-state index contributed by atoms with van der Waals surface area (Å²) >= 11 is 6.19. The molecule has 0 bridgehead atoms. The Balaban J connectivity index is 0.990. The van der Waals surface area contributed by atoms with Crippen LogP contribution in [0.15, 0.2) is 89.6 Å². The highest BCUT2D eigenvalue weighted by Crippen LogP contribution is 2.37. The van der Waals surface area contributed by atoms with Crippen LogP contribution in [0.3, 0.4) is 0 Å². The number of likely N-dealkylation sites (tertiary alicyclic amines) is 1. The van der Waals surface area contributed by atoms with Gasteiger partial charge in [0.2, 0.25) is 5.75 Å². The van der Waals surface area contributed by atoms with Gasteiger partial charge in [0.25, 0.3) is 15.9 Å². The molecule has 3 saturated heterocycles. The van der Waals surface area contributed by atoms with Gasteiger partial charge in [-0.3, -0.25) is 24.7 Å². The molecule has 3 aliphatic rings. The number of alkyl halides is 1. The summed E-state index contributed by atoms with van der Waals surface area (Å²) in [5.41, 5.74) is 1.95. The molecule has 19 heteroatoms. The molecule has 0 unspecified atom stereocenters. The number of anilines is 1. The second-order valence-electron chi connectivity index (χ2n) is 17.6. The first-order valence-corrected chi connectivity index (χ1v) is 23.8. The quantitative estimate of drug-likeness (QED) is 0.0716. The van der Waals surface area contributed by atoms with Gasteiger partial charge in [-0.1, -0.05) is 43.2 Å². The number of carbonyl (C=O) groups is 1. The highest BCUT2D eigenvalue weighted by molar-refractivity contribution is 7.90. The Morgan fingerprint density at radius 3 is 2.44 bits per heavy atom. The maximum atomic E-state index is 15.7. The zero-order chi connectivity index (χ0) is 46.8. The molecule has 350 valence electrons. The molecule has 0 spiro atoms. The summed E-state index contributed by atoms with van der Waals surface area (Å²) in [5, 5.41) is 13.6. The number of fused-ring (bicyclic) bond motifs is 1. The van der Waals surface area contributed by atoms with E-state index in [-0.39, 0.29) is 35.9 Å². The van der Waals surface area contributed by atoms with Gasteiger partial charge < -0.3 is 24.1 Å². The Morgan fingerprint density at radius 2 is 1.77 bits per heavy atom. The van der Waals surface area contributed by atoms with Gasteiger partial charge in [0.1, 0.15) is 29.4 Å². The lowest BCUT2D eigenvalue weighted by atomic mass is 9.92. The number of piperidine rings is 1. The number of pyridine rings is 1. The summed E-state index contributed by atoms with van der Waals surface area (Å²) < 4.78 is 77.6. The fourth-order valence-corrected chi connectivity index (χ4v) is 9.69. The number of nitrogens with one attached hydrogen (secondary N) is 2. The number of H-pyrrole nitrogens is 1. The van der Waals surface area contributed by atoms with Crippen LogP contribution in [0.4, 0.5) is 20.2 Å². The summed E-state index contributed by atoms with van der Waals surface area (Å²) in [5.74, 6) is -2.72. The molecule has 3 fully saturated rings. The minimum Gasteiger partial charge on any atom is -0.481 e. The largest absolute Gasteiger partial charge is 0.481 e. The van der Waals surface area contributed by atoms with Crippen molar-refractivity contribution in [2.45, 2.75) is 56.6 Å². The van der Waals surface area contributed by atoms with Crippen molar-refractivity contribution in [3.05, 3.63) is 117 Å². The Kier molecular flexibility index (Phi) is 14.0. The molecule has 0 saturated carbocycles. The van der Waals surface area contributed by atoms with Crippen LogP contribution < -0.4 is 19.1 Å². The fraction of sp³-hybridized carbons (Fsp3) is 0.404. The van der Waals surface area contributed by atoms with Crippen LogP contribution in [0, 0.1) is 21.8 Å². The first-order chi connectivity index (χ1) is 31.5. The number of carbonyl (C=O) groups excluding carboxylic acids is 1. The molecule has 15 nitrogen and oxygen atoms in total. The molecule has 5 heterocycles. The van der Waals surface area contributed by atoms with Crippen LogP contribution in [0.2, 0.25) is 5.02 Å². The molecule has 0 radical (unpaired) electrons. The van der Waals surface area contributed by atoms with Gasteiger partial charge in [-0.25, -0.2) is 26.9 Å². The van der Waals surface area contributed by atoms with Gasteiger partial charge in [0.05, 0.1) is 40.8 Å². The van der Waals surface area contributed by atoms with Gasteiger partial charge in [-0.15, -0.1) is 0 Å². The second-order valence-corrected chi connectivity index (χ2v) is 19.7. The zero-order valence-corrected chi connectivity index (χ0v) is 38.5. The molecule has 1 amide bonds. The lowest BCUT2D eigenvalue weighted by molar-refractivity contribution is -0.386. The van der Waals surface area contributed by atoms with Crippen molar-refractivity contribution < 1.29 is 41.1 Å². The number of ether oxygens (including phenoxy) is 3. The summed E-state index contributed by atoms with van der Waals surface area (Å²) in [4.78, 5) is 38.2. The lowest BCUT2D eigenvalue weighted by Crippen LogP contribution is -2.55. The van der Waals surface area contributed by atoms with Gasteiger partial charge in [-0.2, -0.15) is 0 Å². The summed E-state index contributed by atoms with van der Waals surface area (Å²) in [6.45, 7) is 11.4. The third-order valence-corrected chi connectivity index (χ3v) is 13.9. The maximum absolute atomic E-state index is 15.7. The van der Waals surface area contributed by atoms with Gasteiger partial charge in [0, 0.05) is 80.2 Å². The first-order valence-electron chi connectivity index (χ1n) is 21.9. The molecule has 2 N–H and O–H groups in total. The van der Waals surface area contributed by atoms with Crippen molar-refractivity contribution in [1.29, 1.82) is 0 Å². The number of nitro benzene ring substituents is 1. The van der Waals surface area contributed by atoms with E-state index in [0.717, 1.165) is 42.7 Å². The van der Waals surface area contributed by atoms with Crippen molar-refractivity contribution in [3.63, 3.8) is 0 Å². The molecule has 0 atom stereocenters. The first kappa shape index (κ1) is 46.9. The highest BCUT2D eigenvalue weighted by atomic mass is 35.5. The number of hydrogen-bond acceptors (Lipinski definition) is 12. The van der Waals surface area contributed by atoms with Crippen LogP contribution in [0.1, 0.15) is 56.0 Å².